The van der Waals surface area contributed by atoms with Gasteiger partial charge in [-0.2, -0.15) is 4.98 Å². The molecule has 1 aliphatic heterocycles. The molecule has 2 heterocycles. The number of hydrogen-bond acceptors (Lipinski definition) is 8. The number of halogens is 2. The first-order chi connectivity index (χ1) is 18.5. The largest absolute Gasteiger partial charge is 0.395 e. The Morgan fingerprint density at radius 2 is 1.84 bits per heavy atom. The first kappa shape index (κ1) is 28.0. The van der Waals surface area contributed by atoms with E-state index in [1.807, 2.05) is 0 Å². The first-order valence-corrected chi connectivity index (χ1v) is 13.6. The van der Waals surface area contributed by atoms with E-state index in [-0.39, 0.29) is 12.4 Å². The predicted octanol–water partition coefficient (Wildman–Crippen LogP) is 4.93. The van der Waals surface area contributed by atoms with Gasteiger partial charge in [-0.3, -0.25) is 4.90 Å². The quantitative estimate of drug-likeness (QED) is 0.240. The highest BCUT2D eigenvalue weighted by Gasteiger charge is 2.19. The number of benzene rings is 2. The Labute approximate surface area is 229 Å². The number of aromatic nitrogens is 2. The lowest BCUT2D eigenvalue weighted by Gasteiger charge is -2.23. The zero-order valence-electron chi connectivity index (χ0n) is 22.1. The summed E-state index contributed by atoms with van der Waals surface area (Å²) in [6, 6.07) is 11.3. The van der Waals surface area contributed by atoms with Crippen molar-refractivity contribution in [1.29, 1.82) is 0 Å². The van der Waals surface area contributed by atoms with Gasteiger partial charge in [0.05, 0.1) is 12.8 Å². The van der Waals surface area contributed by atoms with Crippen molar-refractivity contribution in [3.05, 3.63) is 64.6 Å². The monoisotopic (exact) mass is 541 g/mol. The van der Waals surface area contributed by atoms with Crippen molar-refractivity contribution in [1.82, 2.24) is 20.2 Å². The summed E-state index contributed by atoms with van der Waals surface area (Å²) in [4.78, 5) is 13.8. The SMILES string of the molecule is CCN1CCN(CC)c2cc(Nc3ncc(Cl)c(Nc4ccc(F)c(CCCNCCO)c4)n3)ccc2C1. The molecular weight excluding hydrogens is 505 g/mol. The van der Waals surface area contributed by atoms with Crippen LogP contribution in [0.5, 0.6) is 0 Å². The number of aliphatic hydroxyl groups excluding tert-OH is 1. The normalized spacial score (nSPS) is 13.8. The van der Waals surface area contributed by atoms with Gasteiger partial charge in [-0.05, 0) is 74.3 Å². The lowest BCUT2D eigenvalue weighted by Crippen LogP contribution is -2.31. The van der Waals surface area contributed by atoms with E-state index in [0.29, 0.717) is 47.6 Å². The molecule has 0 unspecified atom stereocenters. The Balaban J connectivity index is 1.48. The van der Waals surface area contributed by atoms with Gasteiger partial charge in [0.2, 0.25) is 5.95 Å². The molecule has 0 amide bonds. The standard InChI is InChI=1S/C28H37ClFN7O/c1-3-36-13-14-37(4-2)26-17-23(8-7-21(26)19-36)34-28-32-18-24(29)27(35-28)33-22-9-10-25(30)20(16-22)6-5-11-31-12-15-38/h7-10,16-18,31,38H,3-6,11-15,19H2,1-2H3,(H2,32,33,34,35). The van der Waals surface area contributed by atoms with Gasteiger partial charge in [0, 0.05) is 49.8 Å². The van der Waals surface area contributed by atoms with Gasteiger partial charge in [0.15, 0.2) is 5.82 Å². The van der Waals surface area contributed by atoms with Crippen LogP contribution in [0.3, 0.4) is 0 Å². The predicted molar refractivity (Wildman–Crippen MR) is 154 cm³/mol. The maximum absolute atomic E-state index is 14.4. The third kappa shape index (κ3) is 7.32. The number of rotatable bonds is 12. The van der Waals surface area contributed by atoms with E-state index in [4.69, 9.17) is 16.7 Å². The topological polar surface area (TPSA) is 88.6 Å². The second kappa shape index (κ2) is 13.7. The van der Waals surface area contributed by atoms with Crippen LogP contribution in [0, 0.1) is 5.82 Å². The van der Waals surface area contributed by atoms with Crippen molar-refractivity contribution >= 4 is 40.4 Å². The van der Waals surface area contributed by atoms with Gasteiger partial charge in [-0.25, -0.2) is 9.37 Å². The summed E-state index contributed by atoms with van der Waals surface area (Å²) in [7, 11) is 0. The molecule has 0 bridgehead atoms. The highest BCUT2D eigenvalue weighted by molar-refractivity contribution is 6.32. The molecule has 0 saturated carbocycles. The molecule has 4 N–H and O–H groups in total. The molecular formula is C28H37ClFN7O. The summed E-state index contributed by atoms with van der Waals surface area (Å²) >= 11 is 6.40. The fourth-order valence-electron chi connectivity index (χ4n) is 4.60. The van der Waals surface area contributed by atoms with Crippen LogP contribution in [-0.4, -0.2) is 65.8 Å². The maximum Gasteiger partial charge on any atom is 0.229 e. The number of likely N-dealkylation sites (N-methyl/N-ethyl adjacent to an activating group) is 2. The summed E-state index contributed by atoms with van der Waals surface area (Å²) in [5, 5.41) is 18.9. The van der Waals surface area contributed by atoms with Crippen molar-refractivity contribution < 1.29 is 9.50 Å². The summed E-state index contributed by atoms with van der Waals surface area (Å²) in [5.41, 5.74) is 4.75. The average Bonchev–Trinajstić information content (AvgIpc) is 3.10. The minimum atomic E-state index is -0.250. The lowest BCUT2D eigenvalue weighted by molar-refractivity contribution is 0.292. The number of hydrogen-bond donors (Lipinski definition) is 4. The molecule has 204 valence electrons. The zero-order valence-corrected chi connectivity index (χ0v) is 22.9. The zero-order chi connectivity index (χ0) is 26.9. The highest BCUT2D eigenvalue weighted by Crippen LogP contribution is 2.31. The van der Waals surface area contributed by atoms with Crippen LogP contribution in [0.15, 0.2) is 42.6 Å². The first-order valence-electron chi connectivity index (χ1n) is 13.3. The van der Waals surface area contributed by atoms with Crippen LogP contribution in [0.4, 0.5) is 33.2 Å². The molecule has 8 nitrogen and oxygen atoms in total. The minimum Gasteiger partial charge on any atom is -0.395 e. The Kier molecular flexibility index (Phi) is 10.1. The lowest BCUT2D eigenvalue weighted by atomic mass is 10.1. The van der Waals surface area contributed by atoms with E-state index >= 15 is 0 Å². The molecule has 3 aromatic rings. The van der Waals surface area contributed by atoms with Gasteiger partial charge in [0.25, 0.3) is 0 Å². The number of nitrogens with one attached hydrogen (secondary N) is 3. The van der Waals surface area contributed by atoms with Gasteiger partial charge >= 0.3 is 0 Å². The van der Waals surface area contributed by atoms with Crippen LogP contribution in [0.25, 0.3) is 0 Å². The summed E-state index contributed by atoms with van der Waals surface area (Å²) in [6.45, 7) is 10.7. The van der Waals surface area contributed by atoms with E-state index in [1.54, 1.807) is 18.3 Å². The van der Waals surface area contributed by atoms with Crippen molar-refractivity contribution in [3.8, 4) is 0 Å². The minimum absolute atomic E-state index is 0.0889. The van der Waals surface area contributed by atoms with Crippen molar-refractivity contribution in [2.75, 3.05) is 61.4 Å². The summed E-state index contributed by atoms with van der Waals surface area (Å²) in [6.07, 6.45) is 2.89. The highest BCUT2D eigenvalue weighted by atomic mass is 35.5. The Hall–Kier alpha value is -2.98. The van der Waals surface area contributed by atoms with Gasteiger partial charge in [0.1, 0.15) is 10.8 Å². The maximum atomic E-state index is 14.4. The molecule has 0 radical (unpaired) electrons. The van der Waals surface area contributed by atoms with Gasteiger partial charge < -0.3 is 26.0 Å². The van der Waals surface area contributed by atoms with E-state index in [0.717, 1.165) is 44.8 Å². The molecule has 1 aliphatic rings. The summed E-state index contributed by atoms with van der Waals surface area (Å²) in [5.74, 6) is 0.608. The molecule has 2 aromatic carbocycles. The van der Waals surface area contributed by atoms with Crippen LogP contribution in [0.2, 0.25) is 5.02 Å². The molecule has 0 aliphatic carbocycles. The Bertz CT molecular complexity index is 1210. The third-order valence-corrected chi connectivity index (χ3v) is 7.01. The van der Waals surface area contributed by atoms with E-state index < -0.39 is 0 Å². The summed E-state index contributed by atoms with van der Waals surface area (Å²) < 4.78 is 14.4. The second-order valence-corrected chi connectivity index (χ2v) is 9.72. The van der Waals surface area contributed by atoms with E-state index in [9.17, 15) is 4.39 Å². The molecule has 1 aromatic heterocycles. The molecule has 38 heavy (non-hydrogen) atoms. The number of aryl methyl sites for hydroxylation is 1. The van der Waals surface area contributed by atoms with Crippen molar-refractivity contribution in [2.24, 2.45) is 0 Å². The molecule has 0 spiro atoms. The van der Waals surface area contributed by atoms with Crippen LogP contribution >= 0.6 is 11.6 Å². The van der Waals surface area contributed by atoms with E-state index in [1.165, 1.54) is 17.3 Å². The molecule has 10 heteroatoms. The van der Waals surface area contributed by atoms with Crippen LogP contribution in [-0.2, 0) is 13.0 Å². The van der Waals surface area contributed by atoms with Gasteiger partial charge in [-0.1, -0.05) is 24.6 Å². The third-order valence-electron chi connectivity index (χ3n) is 6.73. The van der Waals surface area contributed by atoms with Gasteiger partial charge in [-0.15, -0.1) is 0 Å². The molecule has 0 fully saturated rings. The van der Waals surface area contributed by atoms with Crippen LogP contribution < -0.4 is 20.9 Å². The Morgan fingerprint density at radius 3 is 2.63 bits per heavy atom. The smallest absolute Gasteiger partial charge is 0.229 e. The number of anilines is 5. The number of nitrogens with zero attached hydrogens (tertiary/aromatic N) is 4. The molecule has 4 rings (SSSR count). The second-order valence-electron chi connectivity index (χ2n) is 9.32. The van der Waals surface area contributed by atoms with Crippen molar-refractivity contribution in [2.45, 2.75) is 33.2 Å². The fourth-order valence-corrected chi connectivity index (χ4v) is 4.74. The molecule has 0 atom stereocenters. The molecule has 0 saturated heterocycles. The van der Waals surface area contributed by atoms with Crippen molar-refractivity contribution in [3.63, 3.8) is 0 Å². The number of aliphatic hydroxyl groups is 1. The van der Waals surface area contributed by atoms with Crippen LogP contribution in [0.1, 0.15) is 31.4 Å². The fraction of sp³-hybridized carbons (Fsp3) is 0.429. The average molecular weight is 542 g/mol. The number of fused-ring (bicyclic) bond motifs is 1. The Morgan fingerprint density at radius 1 is 1.03 bits per heavy atom. The van der Waals surface area contributed by atoms with E-state index in [2.05, 4.69) is 67.8 Å².